The van der Waals surface area contributed by atoms with E-state index < -0.39 is 6.03 Å². The van der Waals surface area contributed by atoms with E-state index in [4.69, 9.17) is 23.2 Å². The molecule has 0 heterocycles. The maximum atomic E-state index is 11.8. The molecule has 128 valence electrons. The average molecular weight is 360 g/mol. The quantitative estimate of drug-likeness (QED) is 0.784. The van der Waals surface area contributed by atoms with Crippen molar-refractivity contribution in [1.82, 2.24) is 15.5 Å². The SMILES string of the molecule is CC(C)CCNC(=O)NC(=O)CN(C)Cc1ccc(Cl)cc1Cl. The van der Waals surface area contributed by atoms with E-state index in [1.807, 2.05) is 6.07 Å². The van der Waals surface area contributed by atoms with Crippen LogP contribution in [0.5, 0.6) is 0 Å². The van der Waals surface area contributed by atoms with Gasteiger partial charge in [-0.3, -0.25) is 15.0 Å². The molecule has 3 amide bonds. The molecule has 0 unspecified atom stereocenters. The Kier molecular flexibility index (Phi) is 8.37. The van der Waals surface area contributed by atoms with Gasteiger partial charge in [0.1, 0.15) is 0 Å². The molecule has 1 aromatic rings. The zero-order valence-electron chi connectivity index (χ0n) is 13.7. The number of benzene rings is 1. The Labute approximate surface area is 147 Å². The van der Waals surface area contributed by atoms with Crippen LogP contribution in [0.25, 0.3) is 0 Å². The number of halogens is 2. The van der Waals surface area contributed by atoms with E-state index in [1.54, 1.807) is 24.1 Å². The number of nitrogens with zero attached hydrogens (tertiary/aromatic N) is 1. The molecule has 0 aliphatic rings. The highest BCUT2D eigenvalue weighted by Crippen LogP contribution is 2.21. The largest absolute Gasteiger partial charge is 0.338 e. The van der Waals surface area contributed by atoms with Crippen molar-refractivity contribution in [2.75, 3.05) is 20.1 Å². The summed E-state index contributed by atoms with van der Waals surface area (Å²) in [6, 6.07) is 4.76. The molecule has 0 radical (unpaired) electrons. The highest BCUT2D eigenvalue weighted by atomic mass is 35.5. The molecular formula is C16H23Cl2N3O2. The van der Waals surface area contributed by atoms with Crippen LogP contribution in [-0.2, 0) is 11.3 Å². The topological polar surface area (TPSA) is 61.4 Å². The summed E-state index contributed by atoms with van der Waals surface area (Å²) in [6.45, 7) is 5.27. The van der Waals surface area contributed by atoms with E-state index in [-0.39, 0.29) is 12.5 Å². The van der Waals surface area contributed by atoms with Crippen LogP contribution in [0.3, 0.4) is 0 Å². The first-order chi connectivity index (χ1) is 10.8. The molecule has 7 heteroatoms. The van der Waals surface area contributed by atoms with Crippen LogP contribution in [0.15, 0.2) is 18.2 Å². The summed E-state index contributed by atoms with van der Waals surface area (Å²) in [7, 11) is 1.78. The van der Waals surface area contributed by atoms with Gasteiger partial charge in [0.25, 0.3) is 0 Å². The number of imide groups is 1. The molecule has 0 saturated heterocycles. The van der Waals surface area contributed by atoms with Crippen LogP contribution in [0.4, 0.5) is 4.79 Å². The highest BCUT2D eigenvalue weighted by molar-refractivity contribution is 6.35. The molecule has 5 nitrogen and oxygen atoms in total. The molecule has 1 rings (SSSR count). The van der Waals surface area contributed by atoms with Crippen LogP contribution in [0, 0.1) is 5.92 Å². The lowest BCUT2D eigenvalue weighted by Crippen LogP contribution is -2.44. The zero-order chi connectivity index (χ0) is 17.4. The van der Waals surface area contributed by atoms with Crippen molar-refractivity contribution in [3.8, 4) is 0 Å². The van der Waals surface area contributed by atoms with E-state index in [9.17, 15) is 9.59 Å². The summed E-state index contributed by atoms with van der Waals surface area (Å²) in [5, 5.41) is 6.09. The number of hydrogen-bond acceptors (Lipinski definition) is 3. The second kappa shape index (κ2) is 9.75. The lowest BCUT2D eigenvalue weighted by molar-refractivity contribution is -0.120. The molecule has 0 aromatic heterocycles. The first kappa shape index (κ1) is 19.7. The number of likely N-dealkylation sites (N-methyl/N-ethyl adjacent to an activating group) is 1. The Bertz CT molecular complexity index is 550. The standard InChI is InChI=1S/C16H23Cl2N3O2/c1-11(2)6-7-19-16(23)20-15(22)10-21(3)9-12-4-5-13(17)8-14(12)18/h4-5,8,11H,6-7,9-10H2,1-3H3,(H2,19,20,22,23). The van der Waals surface area contributed by atoms with Gasteiger partial charge in [0.05, 0.1) is 6.54 Å². The minimum absolute atomic E-state index is 0.0938. The van der Waals surface area contributed by atoms with E-state index >= 15 is 0 Å². The average Bonchev–Trinajstić information content (AvgIpc) is 2.41. The Hall–Kier alpha value is -1.30. The Morgan fingerprint density at radius 2 is 1.96 bits per heavy atom. The van der Waals surface area contributed by atoms with Gasteiger partial charge in [0, 0.05) is 23.1 Å². The molecule has 1 aromatic carbocycles. The van der Waals surface area contributed by atoms with Crippen molar-refractivity contribution < 1.29 is 9.59 Å². The first-order valence-corrected chi connectivity index (χ1v) is 8.23. The second-order valence-electron chi connectivity index (χ2n) is 5.89. The number of amides is 3. The van der Waals surface area contributed by atoms with Crippen molar-refractivity contribution in [1.29, 1.82) is 0 Å². The predicted molar refractivity (Wildman–Crippen MR) is 93.8 cm³/mol. The van der Waals surface area contributed by atoms with E-state index in [1.165, 1.54) is 0 Å². The molecule has 0 saturated carbocycles. The molecule has 2 N–H and O–H groups in total. The van der Waals surface area contributed by atoms with E-state index in [0.717, 1.165) is 12.0 Å². The predicted octanol–water partition coefficient (Wildman–Crippen LogP) is 3.30. The third-order valence-corrected chi connectivity index (χ3v) is 3.72. The highest BCUT2D eigenvalue weighted by Gasteiger charge is 2.12. The summed E-state index contributed by atoms with van der Waals surface area (Å²) in [6.07, 6.45) is 0.872. The first-order valence-electron chi connectivity index (χ1n) is 7.48. The van der Waals surface area contributed by atoms with E-state index in [2.05, 4.69) is 24.5 Å². The number of carbonyl (C=O) groups excluding carboxylic acids is 2. The molecule has 0 spiro atoms. The zero-order valence-corrected chi connectivity index (χ0v) is 15.2. The lowest BCUT2D eigenvalue weighted by atomic mass is 10.1. The number of urea groups is 1. The monoisotopic (exact) mass is 359 g/mol. The van der Waals surface area contributed by atoms with Crippen LogP contribution in [-0.4, -0.2) is 37.0 Å². The molecule has 0 atom stereocenters. The van der Waals surface area contributed by atoms with Gasteiger partial charge in [-0.1, -0.05) is 43.1 Å². The van der Waals surface area contributed by atoms with Gasteiger partial charge in [-0.15, -0.1) is 0 Å². The number of rotatable bonds is 7. The smallest absolute Gasteiger partial charge is 0.321 e. The fourth-order valence-electron chi connectivity index (χ4n) is 1.93. The van der Waals surface area contributed by atoms with Crippen LogP contribution >= 0.6 is 23.2 Å². The fraction of sp³-hybridized carbons (Fsp3) is 0.500. The molecule has 0 aliphatic carbocycles. The Balaban J connectivity index is 2.37. The minimum Gasteiger partial charge on any atom is -0.338 e. The number of hydrogen-bond donors (Lipinski definition) is 2. The third-order valence-electron chi connectivity index (χ3n) is 3.13. The summed E-state index contributed by atoms with van der Waals surface area (Å²) < 4.78 is 0. The van der Waals surface area contributed by atoms with Crippen LogP contribution < -0.4 is 10.6 Å². The van der Waals surface area contributed by atoms with Gasteiger partial charge in [0.15, 0.2) is 0 Å². The summed E-state index contributed by atoms with van der Waals surface area (Å²) >= 11 is 12.0. The van der Waals surface area contributed by atoms with Crippen molar-refractivity contribution in [2.24, 2.45) is 5.92 Å². The number of carbonyl (C=O) groups is 2. The molecular weight excluding hydrogens is 337 g/mol. The van der Waals surface area contributed by atoms with Crippen LogP contribution in [0.2, 0.25) is 10.0 Å². The van der Waals surface area contributed by atoms with Crippen LogP contribution in [0.1, 0.15) is 25.8 Å². The third kappa shape index (κ3) is 8.21. The van der Waals surface area contributed by atoms with Crippen molar-refractivity contribution in [2.45, 2.75) is 26.8 Å². The molecule has 0 aliphatic heterocycles. The normalized spacial score (nSPS) is 10.9. The van der Waals surface area contributed by atoms with Crippen molar-refractivity contribution in [3.63, 3.8) is 0 Å². The Morgan fingerprint density at radius 3 is 2.57 bits per heavy atom. The molecule has 0 bridgehead atoms. The summed E-state index contributed by atoms with van der Waals surface area (Å²) in [5.41, 5.74) is 0.868. The number of nitrogens with one attached hydrogen (secondary N) is 2. The van der Waals surface area contributed by atoms with Gasteiger partial charge in [0.2, 0.25) is 5.91 Å². The maximum Gasteiger partial charge on any atom is 0.321 e. The van der Waals surface area contributed by atoms with E-state index in [0.29, 0.717) is 29.1 Å². The van der Waals surface area contributed by atoms with Crippen molar-refractivity contribution in [3.05, 3.63) is 33.8 Å². The maximum absolute atomic E-state index is 11.8. The summed E-state index contributed by atoms with van der Waals surface area (Å²) in [4.78, 5) is 25.2. The second-order valence-corrected chi connectivity index (χ2v) is 6.74. The van der Waals surface area contributed by atoms with Gasteiger partial charge in [-0.05, 0) is 37.1 Å². The van der Waals surface area contributed by atoms with Gasteiger partial charge < -0.3 is 5.32 Å². The van der Waals surface area contributed by atoms with Gasteiger partial charge in [-0.25, -0.2) is 4.79 Å². The fourth-order valence-corrected chi connectivity index (χ4v) is 2.39. The molecule has 23 heavy (non-hydrogen) atoms. The Morgan fingerprint density at radius 1 is 1.26 bits per heavy atom. The molecule has 0 fully saturated rings. The lowest BCUT2D eigenvalue weighted by Gasteiger charge is -2.17. The summed E-state index contributed by atoms with van der Waals surface area (Å²) in [5.74, 6) is 0.140. The van der Waals surface area contributed by atoms with Gasteiger partial charge in [-0.2, -0.15) is 0 Å². The minimum atomic E-state index is -0.464. The van der Waals surface area contributed by atoms with Gasteiger partial charge >= 0.3 is 6.03 Å². The van der Waals surface area contributed by atoms with Crippen molar-refractivity contribution >= 4 is 35.1 Å².